The predicted octanol–water partition coefficient (Wildman–Crippen LogP) is 8.13. The van der Waals surface area contributed by atoms with Gasteiger partial charge in [0.15, 0.2) is 6.29 Å². The molecule has 4 aromatic rings. The molecule has 0 aromatic heterocycles. The van der Waals surface area contributed by atoms with Gasteiger partial charge < -0.3 is 30.0 Å². The van der Waals surface area contributed by atoms with Gasteiger partial charge in [-0.2, -0.15) is 0 Å². The third-order valence-corrected chi connectivity index (χ3v) is 13.3. The highest BCUT2D eigenvalue weighted by molar-refractivity contribution is 6.06. The van der Waals surface area contributed by atoms with E-state index in [-0.39, 0.29) is 67.7 Å². The Morgan fingerprint density at radius 1 is 0.797 bits per heavy atom. The van der Waals surface area contributed by atoms with Crippen LogP contribution in [0.2, 0.25) is 0 Å². The number of imide groups is 1. The number of hydrogen-bond donors (Lipinski definition) is 3. The number of nitrogens with zero attached hydrogens (tertiary/aromatic N) is 2. The van der Waals surface area contributed by atoms with Gasteiger partial charge in [0.1, 0.15) is 12.6 Å². The molecule has 4 aliphatic rings. The minimum Gasteiger partial charge on any atom is -0.445 e. The van der Waals surface area contributed by atoms with Crippen LogP contribution in [0.4, 0.5) is 4.79 Å². The first-order valence-corrected chi connectivity index (χ1v) is 22.9. The van der Waals surface area contributed by atoms with Gasteiger partial charge in [0.25, 0.3) is 5.91 Å². The second-order valence-electron chi connectivity index (χ2n) is 19.1. The Kier molecular flexibility index (Phi) is 14.0. The van der Waals surface area contributed by atoms with Gasteiger partial charge in [-0.25, -0.2) is 4.79 Å². The monoisotopic (exact) mass is 870 g/mol. The Hall–Kier alpha value is -5.40. The maximum Gasteiger partial charge on any atom is 0.408 e. The van der Waals surface area contributed by atoms with Gasteiger partial charge in [0.05, 0.1) is 37.8 Å². The first-order valence-electron chi connectivity index (χ1n) is 22.9. The van der Waals surface area contributed by atoms with Crippen molar-refractivity contribution in [2.75, 3.05) is 6.54 Å². The number of hydrogen-bond acceptors (Lipinski definition) is 9. The van der Waals surface area contributed by atoms with Crippen LogP contribution in [0.25, 0.3) is 11.1 Å². The van der Waals surface area contributed by atoms with Crippen LogP contribution in [0.15, 0.2) is 103 Å². The summed E-state index contributed by atoms with van der Waals surface area (Å²) >= 11 is 0. The zero-order valence-corrected chi connectivity index (χ0v) is 37.4. The van der Waals surface area contributed by atoms with Crippen molar-refractivity contribution in [1.29, 1.82) is 0 Å². The van der Waals surface area contributed by atoms with Crippen molar-refractivity contribution >= 4 is 23.8 Å². The molecule has 4 amide bonds. The SMILES string of the molecule is C[C@H]1[C@@H](CN2[C@@H](C(=O)NC(C)(C)C)CC[C@H]3CCCC[C@H]32)O[C@@H](c2cccc(-c3cccc(CN4C(=O)CC(NC(=O)OCc5ccccc5)C4=O)c3)c2)O[C@H]1c1ccc(CO)cc1. The molecule has 8 atom stereocenters. The number of likely N-dealkylation sites (tertiary alicyclic amines) is 2. The number of alkyl carbamates (subject to hydrolysis) is 1. The summed E-state index contributed by atoms with van der Waals surface area (Å²) in [5.41, 5.74) is 5.68. The molecule has 0 radical (unpaired) electrons. The van der Waals surface area contributed by atoms with E-state index in [9.17, 15) is 24.3 Å². The first kappa shape index (κ1) is 45.2. The van der Waals surface area contributed by atoms with Crippen molar-refractivity contribution in [3.63, 3.8) is 0 Å². The minimum atomic E-state index is -1.00. The van der Waals surface area contributed by atoms with E-state index in [0.29, 0.717) is 18.5 Å². The van der Waals surface area contributed by atoms with E-state index in [1.165, 1.54) is 17.7 Å². The topological polar surface area (TPSA) is 147 Å². The Bertz CT molecular complexity index is 2280. The van der Waals surface area contributed by atoms with Gasteiger partial charge in [0, 0.05) is 29.6 Å². The molecule has 3 heterocycles. The van der Waals surface area contributed by atoms with Gasteiger partial charge in [-0.1, -0.05) is 111 Å². The molecule has 338 valence electrons. The molecule has 1 unspecified atom stereocenters. The van der Waals surface area contributed by atoms with Gasteiger partial charge in [-0.3, -0.25) is 24.2 Å². The van der Waals surface area contributed by atoms with E-state index in [1.54, 1.807) is 0 Å². The minimum absolute atomic E-state index is 0.0480. The van der Waals surface area contributed by atoms with Crippen LogP contribution in [-0.2, 0) is 48.4 Å². The van der Waals surface area contributed by atoms with Crippen molar-refractivity contribution in [1.82, 2.24) is 20.4 Å². The zero-order valence-electron chi connectivity index (χ0n) is 37.4. The Morgan fingerprint density at radius 3 is 2.27 bits per heavy atom. The van der Waals surface area contributed by atoms with Crippen LogP contribution in [0.3, 0.4) is 0 Å². The van der Waals surface area contributed by atoms with E-state index < -0.39 is 24.3 Å². The summed E-state index contributed by atoms with van der Waals surface area (Å²) in [5.74, 6) is -0.271. The van der Waals surface area contributed by atoms with Crippen LogP contribution in [-0.4, -0.2) is 75.0 Å². The van der Waals surface area contributed by atoms with Crippen molar-refractivity contribution in [2.24, 2.45) is 11.8 Å². The fourth-order valence-electron chi connectivity index (χ4n) is 10.0. The van der Waals surface area contributed by atoms with Crippen molar-refractivity contribution in [3.8, 4) is 11.1 Å². The van der Waals surface area contributed by atoms with Crippen LogP contribution in [0, 0.1) is 11.8 Å². The summed E-state index contributed by atoms with van der Waals surface area (Å²) in [7, 11) is 0. The number of aliphatic hydroxyl groups excluding tert-OH is 1. The second-order valence-corrected chi connectivity index (χ2v) is 19.1. The van der Waals surface area contributed by atoms with Gasteiger partial charge >= 0.3 is 6.09 Å². The fraction of sp³-hybridized carbons (Fsp3) is 0.462. The second kappa shape index (κ2) is 19.8. The van der Waals surface area contributed by atoms with Crippen molar-refractivity contribution in [3.05, 3.63) is 131 Å². The fourth-order valence-corrected chi connectivity index (χ4v) is 10.0. The number of piperidine rings is 1. The smallest absolute Gasteiger partial charge is 0.408 e. The number of benzene rings is 4. The molecule has 0 spiro atoms. The average Bonchev–Trinajstić information content (AvgIpc) is 3.55. The molecule has 12 heteroatoms. The van der Waals surface area contributed by atoms with E-state index in [1.807, 2.05) is 118 Å². The third-order valence-electron chi connectivity index (χ3n) is 13.3. The molecule has 0 bridgehead atoms. The molecule has 8 rings (SSSR count). The Labute approximate surface area is 376 Å². The molecule has 3 saturated heterocycles. The molecular formula is C52H62N4O8. The molecule has 3 N–H and O–H groups in total. The molecule has 1 saturated carbocycles. The number of amides is 4. The number of carbonyl (C=O) groups excluding carboxylic acids is 4. The summed E-state index contributed by atoms with van der Waals surface area (Å²) in [6.07, 6.45) is 4.30. The lowest BCUT2D eigenvalue weighted by atomic mass is 9.75. The standard InChI is InChI=1S/C52H62N4O8/c1-33-45(30-55-43-19-9-8-15-37(43)24-25-44(55)48(59)54-52(2,3)4)63-50(64-47(33)38-22-20-34(31-57)21-23-38)41-18-11-17-40(27-41)39-16-10-14-36(26-39)29-56-46(58)28-42(49(56)60)53-51(61)62-32-35-12-6-5-7-13-35/h5-7,10-14,16-18,20-23,26-27,33,37,42-45,47,50,57H,8-9,15,19,24-25,28-32H2,1-4H3,(H,53,61)(H,54,59)/t33-,37+,42?,43+,44+,45+,47+,50+/m0/s1. The van der Waals surface area contributed by atoms with E-state index in [0.717, 1.165) is 64.6 Å². The first-order chi connectivity index (χ1) is 30.8. The van der Waals surface area contributed by atoms with Crippen LogP contribution < -0.4 is 10.6 Å². The quantitative estimate of drug-likeness (QED) is 0.120. The Balaban J connectivity index is 1.01. The molecule has 4 fully saturated rings. The molecule has 4 aromatic carbocycles. The number of nitrogens with one attached hydrogen (secondary N) is 2. The van der Waals surface area contributed by atoms with Gasteiger partial charge in [-0.05, 0) is 97.9 Å². The van der Waals surface area contributed by atoms with Gasteiger partial charge in [0.2, 0.25) is 11.8 Å². The van der Waals surface area contributed by atoms with Crippen LogP contribution >= 0.6 is 0 Å². The van der Waals surface area contributed by atoms with E-state index in [2.05, 4.69) is 28.5 Å². The largest absolute Gasteiger partial charge is 0.445 e. The lowest BCUT2D eigenvalue weighted by Crippen LogP contribution is -2.61. The zero-order chi connectivity index (χ0) is 45.0. The molecule has 64 heavy (non-hydrogen) atoms. The number of ether oxygens (including phenoxy) is 3. The van der Waals surface area contributed by atoms with Crippen LogP contribution in [0.1, 0.15) is 113 Å². The van der Waals surface area contributed by atoms with Gasteiger partial charge in [-0.15, -0.1) is 0 Å². The Morgan fingerprint density at radius 2 is 1.52 bits per heavy atom. The summed E-state index contributed by atoms with van der Waals surface area (Å²) < 4.78 is 19.2. The highest BCUT2D eigenvalue weighted by Gasteiger charge is 2.46. The normalized spacial score (nSPS) is 26.3. The highest BCUT2D eigenvalue weighted by atomic mass is 16.7. The number of fused-ring (bicyclic) bond motifs is 1. The van der Waals surface area contributed by atoms with Crippen molar-refractivity contribution < 1.29 is 38.5 Å². The summed E-state index contributed by atoms with van der Waals surface area (Å²) in [6, 6.07) is 32.0. The lowest BCUT2D eigenvalue weighted by Gasteiger charge is -2.51. The molecule has 3 aliphatic heterocycles. The predicted molar refractivity (Wildman–Crippen MR) is 242 cm³/mol. The summed E-state index contributed by atoms with van der Waals surface area (Å²) in [6.45, 7) is 8.92. The third kappa shape index (κ3) is 10.6. The maximum absolute atomic E-state index is 14.0. The van der Waals surface area contributed by atoms with E-state index in [4.69, 9.17) is 14.2 Å². The van der Waals surface area contributed by atoms with Crippen LogP contribution in [0.5, 0.6) is 0 Å². The summed E-state index contributed by atoms with van der Waals surface area (Å²) in [4.78, 5) is 56.7. The highest BCUT2D eigenvalue weighted by Crippen LogP contribution is 2.45. The number of aliphatic hydroxyl groups is 1. The molecular weight excluding hydrogens is 809 g/mol. The molecule has 12 nitrogen and oxygen atoms in total. The molecule has 1 aliphatic carbocycles. The number of rotatable bonds is 12. The number of carbonyl (C=O) groups is 4. The summed E-state index contributed by atoms with van der Waals surface area (Å²) in [5, 5.41) is 15.7. The lowest BCUT2D eigenvalue weighted by molar-refractivity contribution is -0.278. The average molecular weight is 871 g/mol. The van der Waals surface area contributed by atoms with Crippen molar-refractivity contribution in [2.45, 2.75) is 135 Å². The van der Waals surface area contributed by atoms with E-state index >= 15 is 0 Å². The maximum atomic E-state index is 14.0.